The summed E-state index contributed by atoms with van der Waals surface area (Å²) < 4.78 is 7.19. The van der Waals surface area contributed by atoms with Crippen LogP contribution >= 0.6 is 0 Å². The summed E-state index contributed by atoms with van der Waals surface area (Å²) >= 11 is 0. The highest BCUT2D eigenvalue weighted by molar-refractivity contribution is 5.93. The molecule has 0 atom stereocenters. The number of benzene rings is 1. The zero-order valence-corrected chi connectivity index (χ0v) is 17.9. The Balaban J connectivity index is 1.67. The highest BCUT2D eigenvalue weighted by Gasteiger charge is 2.31. The molecular formula is C22H23N7O2. The van der Waals surface area contributed by atoms with E-state index in [0.717, 1.165) is 16.9 Å². The van der Waals surface area contributed by atoms with E-state index in [0.29, 0.717) is 35.9 Å². The number of fused-ring (bicyclic) bond motifs is 1. The molecule has 3 heterocycles. The molecule has 9 heteroatoms. The fourth-order valence-electron chi connectivity index (χ4n) is 3.47. The molecule has 1 aromatic carbocycles. The first-order valence-corrected chi connectivity index (χ1v) is 9.91. The summed E-state index contributed by atoms with van der Waals surface area (Å²) in [5, 5.41) is 17.0. The van der Waals surface area contributed by atoms with Crippen molar-refractivity contribution in [2.75, 3.05) is 16.8 Å². The number of aromatic nitrogens is 4. The predicted octanol–water partition coefficient (Wildman–Crippen LogP) is 3.79. The van der Waals surface area contributed by atoms with Crippen molar-refractivity contribution in [1.82, 2.24) is 19.7 Å². The normalized spacial score (nSPS) is 12.9. The number of rotatable bonds is 3. The molecular weight excluding hydrogens is 394 g/mol. The van der Waals surface area contributed by atoms with E-state index in [9.17, 15) is 10.1 Å². The zero-order valence-electron chi connectivity index (χ0n) is 17.9. The number of hydrogen-bond donors (Lipinski definition) is 1. The number of carbonyl (C=O) groups excluding carboxylic acids is 1. The first-order chi connectivity index (χ1) is 14.7. The van der Waals surface area contributed by atoms with Gasteiger partial charge in [-0.1, -0.05) is 0 Å². The van der Waals surface area contributed by atoms with Crippen molar-refractivity contribution in [1.29, 1.82) is 5.26 Å². The lowest BCUT2D eigenvalue weighted by molar-refractivity contribution is 0.0584. The van der Waals surface area contributed by atoms with Crippen molar-refractivity contribution in [3.63, 3.8) is 0 Å². The second-order valence-electron chi connectivity index (χ2n) is 8.26. The molecule has 0 saturated carbocycles. The first-order valence-electron chi connectivity index (χ1n) is 9.91. The average Bonchev–Trinajstić information content (AvgIpc) is 3.32. The monoisotopic (exact) mass is 417 g/mol. The molecule has 1 aliphatic rings. The van der Waals surface area contributed by atoms with Gasteiger partial charge in [-0.3, -0.25) is 9.58 Å². The largest absolute Gasteiger partial charge is 0.443 e. The molecule has 0 bridgehead atoms. The topological polar surface area (TPSA) is 109 Å². The van der Waals surface area contributed by atoms with Gasteiger partial charge in [0, 0.05) is 31.4 Å². The maximum atomic E-state index is 12.6. The Kier molecular flexibility index (Phi) is 5.07. The van der Waals surface area contributed by atoms with E-state index in [1.165, 1.54) is 4.90 Å². The van der Waals surface area contributed by atoms with Crippen LogP contribution in [0, 0.1) is 11.3 Å². The summed E-state index contributed by atoms with van der Waals surface area (Å²) in [4.78, 5) is 23.0. The van der Waals surface area contributed by atoms with Crippen molar-refractivity contribution in [2.24, 2.45) is 7.05 Å². The lowest BCUT2D eigenvalue weighted by Crippen LogP contribution is -2.36. The van der Waals surface area contributed by atoms with Crippen molar-refractivity contribution >= 4 is 23.5 Å². The molecule has 0 aliphatic carbocycles. The summed E-state index contributed by atoms with van der Waals surface area (Å²) in [7, 11) is 1.82. The Labute approximate surface area is 180 Å². The number of amides is 1. The Morgan fingerprint density at radius 1 is 1.26 bits per heavy atom. The van der Waals surface area contributed by atoms with Gasteiger partial charge in [0.25, 0.3) is 0 Å². The van der Waals surface area contributed by atoms with Gasteiger partial charge >= 0.3 is 6.09 Å². The van der Waals surface area contributed by atoms with Crippen molar-refractivity contribution in [3.8, 4) is 17.3 Å². The van der Waals surface area contributed by atoms with Crippen LogP contribution in [0.5, 0.6) is 0 Å². The molecule has 0 saturated heterocycles. The van der Waals surface area contributed by atoms with Crippen molar-refractivity contribution in [3.05, 3.63) is 47.8 Å². The molecule has 4 rings (SSSR count). The van der Waals surface area contributed by atoms with E-state index in [1.807, 2.05) is 40.0 Å². The van der Waals surface area contributed by atoms with Crippen LogP contribution in [0.15, 0.2) is 36.7 Å². The smallest absolute Gasteiger partial charge is 0.414 e. The van der Waals surface area contributed by atoms with Crippen LogP contribution in [0.25, 0.3) is 11.3 Å². The zero-order chi connectivity index (χ0) is 22.2. The molecule has 3 aromatic rings. The van der Waals surface area contributed by atoms with Crippen LogP contribution in [0.2, 0.25) is 0 Å². The highest BCUT2D eigenvalue weighted by atomic mass is 16.6. The summed E-state index contributed by atoms with van der Waals surface area (Å²) in [5.41, 5.74) is 2.80. The lowest BCUT2D eigenvalue weighted by Gasteiger charge is -2.25. The lowest BCUT2D eigenvalue weighted by atomic mass is 10.0. The van der Waals surface area contributed by atoms with Crippen molar-refractivity contribution in [2.45, 2.75) is 32.8 Å². The minimum absolute atomic E-state index is 0.413. The standard InChI is InChI=1S/C22H23N7O2/c1-22(2,3)31-21(30)29-10-7-14-11-15(12-16(13-23)19(14)29)17-5-8-24-20(26-17)27-18-6-9-25-28(18)4/h5-6,8-9,11-12H,7,10H2,1-4H3,(H,24,26,27). The van der Waals surface area contributed by atoms with Gasteiger partial charge in [0.05, 0.1) is 23.1 Å². The van der Waals surface area contributed by atoms with Gasteiger partial charge < -0.3 is 10.1 Å². The fraction of sp³-hybridized carbons (Fsp3) is 0.318. The molecule has 0 unspecified atom stereocenters. The summed E-state index contributed by atoms with van der Waals surface area (Å²) in [6.07, 6.45) is 3.54. The number of hydrogen-bond acceptors (Lipinski definition) is 7. The number of aryl methyl sites for hydroxylation is 1. The number of nitriles is 1. The van der Waals surface area contributed by atoms with Crippen LogP contribution in [-0.2, 0) is 18.2 Å². The number of nitrogens with one attached hydrogen (secondary N) is 1. The number of carbonyl (C=O) groups is 1. The van der Waals surface area contributed by atoms with Crippen LogP contribution in [-0.4, -0.2) is 38.0 Å². The van der Waals surface area contributed by atoms with E-state index < -0.39 is 11.7 Å². The van der Waals surface area contributed by atoms with Gasteiger partial charge in [-0.05, 0) is 51.0 Å². The second-order valence-corrected chi connectivity index (χ2v) is 8.26. The van der Waals surface area contributed by atoms with Gasteiger partial charge in [0.2, 0.25) is 5.95 Å². The number of nitrogens with zero attached hydrogens (tertiary/aromatic N) is 6. The Morgan fingerprint density at radius 3 is 2.74 bits per heavy atom. The fourth-order valence-corrected chi connectivity index (χ4v) is 3.47. The predicted molar refractivity (Wildman–Crippen MR) is 116 cm³/mol. The average molecular weight is 417 g/mol. The quantitative estimate of drug-likeness (QED) is 0.690. The van der Waals surface area contributed by atoms with E-state index in [1.54, 1.807) is 29.2 Å². The first kappa shape index (κ1) is 20.3. The van der Waals surface area contributed by atoms with Crippen LogP contribution in [0.4, 0.5) is 22.2 Å². The Bertz CT molecular complexity index is 1190. The molecule has 9 nitrogen and oxygen atoms in total. The third kappa shape index (κ3) is 4.19. The summed E-state index contributed by atoms with van der Waals surface area (Å²) in [6.45, 7) is 5.94. The molecule has 0 spiro atoms. The molecule has 2 aromatic heterocycles. The van der Waals surface area contributed by atoms with Crippen LogP contribution in [0.1, 0.15) is 31.9 Å². The molecule has 158 valence electrons. The maximum Gasteiger partial charge on any atom is 0.414 e. The molecule has 1 aliphatic heterocycles. The third-order valence-corrected chi connectivity index (χ3v) is 4.81. The van der Waals surface area contributed by atoms with Gasteiger partial charge in [0.15, 0.2) is 0 Å². The van der Waals surface area contributed by atoms with E-state index >= 15 is 0 Å². The minimum atomic E-state index is -0.606. The molecule has 1 amide bonds. The second kappa shape index (κ2) is 7.72. The van der Waals surface area contributed by atoms with Gasteiger partial charge in [0.1, 0.15) is 17.5 Å². The molecule has 0 fully saturated rings. The summed E-state index contributed by atoms with van der Waals surface area (Å²) in [6, 6.07) is 9.55. The Hall–Kier alpha value is -3.93. The maximum absolute atomic E-state index is 12.6. The number of anilines is 3. The molecule has 1 N–H and O–H groups in total. The van der Waals surface area contributed by atoms with Gasteiger partial charge in [-0.25, -0.2) is 14.8 Å². The molecule has 0 radical (unpaired) electrons. The molecule has 31 heavy (non-hydrogen) atoms. The van der Waals surface area contributed by atoms with Crippen molar-refractivity contribution < 1.29 is 9.53 Å². The number of ether oxygens (including phenoxy) is 1. The van der Waals surface area contributed by atoms with E-state index in [4.69, 9.17) is 4.74 Å². The van der Waals surface area contributed by atoms with E-state index in [2.05, 4.69) is 26.5 Å². The third-order valence-electron chi connectivity index (χ3n) is 4.81. The van der Waals surface area contributed by atoms with Crippen LogP contribution < -0.4 is 10.2 Å². The highest BCUT2D eigenvalue weighted by Crippen LogP contribution is 2.36. The van der Waals surface area contributed by atoms with Gasteiger partial charge in [-0.15, -0.1) is 0 Å². The van der Waals surface area contributed by atoms with E-state index in [-0.39, 0.29) is 0 Å². The van der Waals surface area contributed by atoms with Gasteiger partial charge in [-0.2, -0.15) is 10.4 Å². The summed E-state index contributed by atoms with van der Waals surface area (Å²) in [5.74, 6) is 1.19. The minimum Gasteiger partial charge on any atom is -0.443 e. The SMILES string of the molecule is Cn1nccc1Nc1nccc(-c2cc(C#N)c3c(c2)CCN3C(=O)OC(C)(C)C)n1. The Morgan fingerprint density at radius 2 is 2.06 bits per heavy atom. The van der Waals surface area contributed by atoms with Crippen LogP contribution in [0.3, 0.4) is 0 Å².